The van der Waals surface area contributed by atoms with E-state index in [2.05, 4.69) is 0 Å². The predicted molar refractivity (Wildman–Crippen MR) is 95.2 cm³/mol. The van der Waals surface area contributed by atoms with Gasteiger partial charge in [0.15, 0.2) is 5.78 Å². The molecule has 142 valence electrons. The number of Topliss-reactive ketones (excluding diaryl/α,β-unsaturated/α-hetero) is 1. The summed E-state index contributed by atoms with van der Waals surface area (Å²) in [7, 11) is 0. The second-order valence-electron chi connectivity index (χ2n) is 8.37. The zero-order valence-corrected chi connectivity index (χ0v) is 16.2. The Balaban J connectivity index is 2.17. The summed E-state index contributed by atoms with van der Waals surface area (Å²) < 4.78 is 5.47. The van der Waals surface area contributed by atoms with Crippen LogP contribution in [0.5, 0.6) is 0 Å². The summed E-state index contributed by atoms with van der Waals surface area (Å²) >= 11 is 0. The Labute approximate surface area is 150 Å². The second-order valence-corrected chi connectivity index (χ2v) is 8.37. The van der Waals surface area contributed by atoms with Crippen molar-refractivity contribution in [3.8, 4) is 0 Å². The number of ether oxygens (including phenoxy) is 1. The van der Waals surface area contributed by atoms with Gasteiger partial charge >= 0.3 is 6.09 Å². The normalized spacial score (nSPS) is 24.9. The Morgan fingerprint density at radius 2 is 1.60 bits per heavy atom. The van der Waals surface area contributed by atoms with Crippen LogP contribution in [0.3, 0.4) is 0 Å². The SMILES string of the molecule is CC(=O)[C@H]1C[C@H](N(C(C)=O)C2CCCCC2)CN1C(=O)OC(C)(C)C. The Hall–Kier alpha value is -1.59. The van der Waals surface area contributed by atoms with Crippen LogP contribution in [-0.2, 0) is 14.3 Å². The van der Waals surface area contributed by atoms with Crippen molar-refractivity contribution in [3.05, 3.63) is 0 Å². The minimum Gasteiger partial charge on any atom is -0.444 e. The maximum absolute atomic E-state index is 12.5. The van der Waals surface area contributed by atoms with Crippen LogP contribution in [0, 0.1) is 0 Å². The number of amides is 2. The molecule has 0 N–H and O–H groups in total. The lowest BCUT2D eigenvalue weighted by Gasteiger charge is -2.38. The fourth-order valence-corrected chi connectivity index (χ4v) is 4.09. The van der Waals surface area contributed by atoms with Gasteiger partial charge in [-0.05, 0) is 47.0 Å². The molecule has 1 saturated carbocycles. The second kappa shape index (κ2) is 7.75. The third-order valence-electron chi connectivity index (χ3n) is 5.10. The molecule has 0 radical (unpaired) electrons. The summed E-state index contributed by atoms with van der Waals surface area (Å²) in [6, 6.07) is -0.394. The first-order valence-electron chi connectivity index (χ1n) is 9.39. The lowest BCUT2D eigenvalue weighted by Crippen LogP contribution is -2.48. The number of hydrogen-bond acceptors (Lipinski definition) is 4. The van der Waals surface area contributed by atoms with Gasteiger partial charge in [-0.3, -0.25) is 14.5 Å². The molecule has 2 fully saturated rings. The number of ketones is 1. The Morgan fingerprint density at radius 1 is 1.00 bits per heavy atom. The highest BCUT2D eigenvalue weighted by atomic mass is 16.6. The van der Waals surface area contributed by atoms with Crippen molar-refractivity contribution >= 4 is 17.8 Å². The minimum absolute atomic E-state index is 0.0326. The van der Waals surface area contributed by atoms with E-state index in [1.807, 2.05) is 25.7 Å². The molecular formula is C19H32N2O4. The fraction of sp³-hybridized carbons (Fsp3) is 0.842. The van der Waals surface area contributed by atoms with E-state index in [0.29, 0.717) is 13.0 Å². The molecular weight excluding hydrogens is 320 g/mol. The molecule has 1 saturated heterocycles. The van der Waals surface area contributed by atoms with Gasteiger partial charge in [0.25, 0.3) is 0 Å². The summed E-state index contributed by atoms with van der Waals surface area (Å²) in [6.07, 6.45) is 5.53. The number of carbonyl (C=O) groups excluding carboxylic acids is 3. The molecule has 1 aliphatic carbocycles. The van der Waals surface area contributed by atoms with Crippen LogP contribution in [0.2, 0.25) is 0 Å². The summed E-state index contributed by atoms with van der Waals surface area (Å²) in [4.78, 5) is 40.4. The van der Waals surface area contributed by atoms with Crippen molar-refractivity contribution in [3.63, 3.8) is 0 Å². The predicted octanol–water partition coefficient (Wildman–Crippen LogP) is 3.13. The average Bonchev–Trinajstić information content (AvgIpc) is 2.91. The van der Waals surface area contributed by atoms with E-state index in [1.165, 1.54) is 18.2 Å². The molecule has 0 aromatic heterocycles. The maximum Gasteiger partial charge on any atom is 0.410 e. The lowest BCUT2D eigenvalue weighted by atomic mass is 9.92. The molecule has 0 bridgehead atoms. The Morgan fingerprint density at radius 3 is 2.08 bits per heavy atom. The van der Waals surface area contributed by atoms with Crippen LogP contribution in [-0.4, -0.2) is 57.9 Å². The molecule has 0 spiro atoms. The van der Waals surface area contributed by atoms with Gasteiger partial charge in [-0.25, -0.2) is 4.79 Å². The van der Waals surface area contributed by atoms with Crippen molar-refractivity contribution in [2.45, 2.75) is 96.9 Å². The number of carbonyl (C=O) groups is 3. The minimum atomic E-state index is -0.611. The number of hydrogen-bond donors (Lipinski definition) is 0. The molecule has 2 aliphatic rings. The van der Waals surface area contributed by atoms with Crippen LogP contribution in [0.1, 0.15) is 73.1 Å². The number of likely N-dealkylation sites (tertiary alicyclic amines) is 1. The molecule has 0 aromatic rings. The fourth-order valence-electron chi connectivity index (χ4n) is 4.09. The monoisotopic (exact) mass is 352 g/mol. The van der Waals surface area contributed by atoms with Gasteiger partial charge in [0.1, 0.15) is 5.60 Å². The molecule has 1 heterocycles. The number of rotatable bonds is 3. The van der Waals surface area contributed by atoms with E-state index in [4.69, 9.17) is 4.74 Å². The third-order valence-corrected chi connectivity index (χ3v) is 5.10. The van der Waals surface area contributed by atoms with Crippen molar-refractivity contribution in [1.29, 1.82) is 0 Å². The van der Waals surface area contributed by atoms with E-state index in [-0.39, 0.29) is 23.8 Å². The third kappa shape index (κ3) is 4.95. The molecule has 2 rings (SSSR count). The quantitative estimate of drug-likeness (QED) is 0.782. The van der Waals surface area contributed by atoms with Gasteiger partial charge in [-0.1, -0.05) is 19.3 Å². The Kier molecular flexibility index (Phi) is 6.12. The van der Waals surface area contributed by atoms with E-state index in [0.717, 1.165) is 25.7 Å². The van der Waals surface area contributed by atoms with E-state index >= 15 is 0 Å². The summed E-state index contributed by atoms with van der Waals surface area (Å²) in [5, 5.41) is 0. The lowest BCUT2D eigenvalue weighted by molar-refractivity contribution is -0.134. The van der Waals surface area contributed by atoms with Gasteiger partial charge in [0.05, 0.1) is 12.1 Å². The molecule has 0 aromatic carbocycles. The van der Waals surface area contributed by atoms with Crippen molar-refractivity contribution in [1.82, 2.24) is 9.80 Å². The first kappa shape index (κ1) is 19.7. The number of nitrogens with zero attached hydrogens (tertiary/aromatic N) is 2. The van der Waals surface area contributed by atoms with Gasteiger partial charge in [0.2, 0.25) is 5.91 Å². The summed E-state index contributed by atoms with van der Waals surface area (Å²) in [5.41, 5.74) is -0.611. The summed E-state index contributed by atoms with van der Waals surface area (Å²) in [6.45, 7) is 8.90. The van der Waals surface area contributed by atoms with Crippen molar-refractivity contribution in [2.75, 3.05) is 6.54 Å². The van der Waals surface area contributed by atoms with E-state index in [9.17, 15) is 14.4 Å². The zero-order valence-electron chi connectivity index (χ0n) is 16.2. The Bertz CT molecular complexity index is 520. The van der Waals surface area contributed by atoms with Crippen molar-refractivity contribution < 1.29 is 19.1 Å². The molecule has 2 amide bonds. The molecule has 6 heteroatoms. The summed E-state index contributed by atoms with van der Waals surface area (Å²) in [5.74, 6) is -0.0225. The van der Waals surface area contributed by atoms with Crippen LogP contribution in [0.15, 0.2) is 0 Å². The first-order valence-corrected chi connectivity index (χ1v) is 9.39. The van der Waals surface area contributed by atoms with Gasteiger partial charge in [-0.15, -0.1) is 0 Å². The van der Waals surface area contributed by atoms with Crippen molar-refractivity contribution in [2.24, 2.45) is 0 Å². The van der Waals surface area contributed by atoms with Gasteiger partial charge in [0, 0.05) is 19.5 Å². The molecule has 0 unspecified atom stereocenters. The highest BCUT2D eigenvalue weighted by Crippen LogP contribution is 2.31. The molecule has 25 heavy (non-hydrogen) atoms. The smallest absolute Gasteiger partial charge is 0.410 e. The van der Waals surface area contributed by atoms with E-state index < -0.39 is 17.7 Å². The topological polar surface area (TPSA) is 66.9 Å². The highest BCUT2D eigenvalue weighted by molar-refractivity contribution is 5.86. The van der Waals surface area contributed by atoms with E-state index in [1.54, 1.807) is 6.92 Å². The van der Waals surface area contributed by atoms with Gasteiger partial charge in [-0.2, -0.15) is 0 Å². The maximum atomic E-state index is 12.5. The molecule has 1 aliphatic heterocycles. The largest absolute Gasteiger partial charge is 0.444 e. The molecule has 2 atom stereocenters. The van der Waals surface area contributed by atoms with Crippen LogP contribution in [0.4, 0.5) is 4.79 Å². The molecule has 6 nitrogen and oxygen atoms in total. The van der Waals surface area contributed by atoms with Crippen LogP contribution < -0.4 is 0 Å². The van der Waals surface area contributed by atoms with Crippen LogP contribution in [0.25, 0.3) is 0 Å². The highest BCUT2D eigenvalue weighted by Gasteiger charge is 2.44. The average molecular weight is 352 g/mol. The first-order chi connectivity index (χ1) is 11.6. The zero-order chi connectivity index (χ0) is 18.8. The standard InChI is InChI=1S/C19H32N2O4/c1-13(22)17-11-16(12-20(17)18(24)25-19(3,4)5)21(14(2)23)15-9-7-6-8-10-15/h15-17H,6-12H2,1-5H3/t16-,17+/m0/s1. The van der Waals surface area contributed by atoms with Gasteiger partial charge < -0.3 is 9.64 Å². The van der Waals surface area contributed by atoms with Crippen LogP contribution >= 0.6 is 0 Å².